The Morgan fingerprint density at radius 2 is 1.39 bits per heavy atom. The summed E-state index contributed by atoms with van der Waals surface area (Å²) in [5.74, 6) is 0.0986. The van der Waals surface area contributed by atoms with Crippen LogP contribution in [0, 0.1) is 17.3 Å². The van der Waals surface area contributed by atoms with Gasteiger partial charge in [0, 0.05) is 5.75 Å². The van der Waals surface area contributed by atoms with E-state index < -0.39 is 5.41 Å². The number of fused-ring (bicyclic) bond motifs is 4. The van der Waals surface area contributed by atoms with Crippen LogP contribution in [0.5, 0.6) is 0 Å². The number of esters is 3. The molecule has 0 N–H and O–H groups in total. The molecule has 4 heterocycles. The maximum Gasteiger partial charge on any atom is 0.312 e. The number of rotatable bonds is 15. The molecule has 0 aromatic carbocycles. The summed E-state index contributed by atoms with van der Waals surface area (Å²) in [5.41, 5.74) is -0.820. The first-order valence-electron chi connectivity index (χ1n) is 13.2. The second-order valence-electron chi connectivity index (χ2n) is 10.2. The average Bonchev–Trinajstić information content (AvgIpc) is 3.70. The standard InChI is InChI=1S/C27H38O8S/c1-3-5-11-36-12-10-24(28)31-15-27(4-2,16-32-25(29)20-13-18-6-8-22(20)34-18)17-33-26(30)21-14-19-7-9-23(21)35-19/h6-9,18-23H,3-5,10-17H2,1-2H3. The molecule has 4 aliphatic rings. The molecule has 2 saturated heterocycles. The lowest BCUT2D eigenvalue weighted by Crippen LogP contribution is -2.41. The highest BCUT2D eigenvalue weighted by Gasteiger charge is 2.45. The summed E-state index contributed by atoms with van der Waals surface area (Å²) >= 11 is 1.74. The van der Waals surface area contributed by atoms with Gasteiger partial charge < -0.3 is 23.7 Å². The number of carbonyl (C=O) groups is 3. The molecule has 9 heteroatoms. The number of hydrogen-bond donors (Lipinski definition) is 0. The molecule has 0 spiro atoms. The zero-order chi connectivity index (χ0) is 25.5. The van der Waals surface area contributed by atoms with Crippen molar-refractivity contribution in [1.82, 2.24) is 0 Å². The number of unbranched alkanes of at least 4 members (excludes halogenated alkanes) is 1. The molecule has 8 nitrogen and oxygen atoms in total. The van der Waals surface area contributed by atoms with E-state index in [2.05, 4.69) is 6.92 Å². The lowest BCUT2D eigenvalue weighted by Gasteiger charge is -2.32. The minimum absolute atomic E-state index is 0.00112. The van der Waals surface area contributed by atoms with Crippen LogP contribution in [0.4, 0.5) is 0 Å². The van der Waals surface area contributed by atoms with Crippen molar-refractivity contribution in [2.24, 2.45) is 17.3 Å². The summed E-state index contributed by atoms with van der Waals surface area (Å²) in [4.78, 5) is 38.0. The normalized spacial score (nSPS) is 30.9. The zero-order valence-electron chi connectivity index (χ0n) is 21.2. The number of hydrogen-bond acceptors (Lipinski definition) is 9. The Balaban J connectivity index is 1.31. The maximum atomic E-state index is 12.8. The van der Waals surface area contributed by atoms with Gasteiger partial charge in [-0.15, -0.1) is 0 Å². The van der Waals surface area contributed by atoms with Crippen molar-refractivity contribution in [3.05, 3.63) is 24.3 Å². The Morgan fingerprint density at radius 3 is 1.83 bits per heavy atom. The molecule has 4 bridgehead atoms. The highest BCUT2D eigenvalue weighted by Crippen LogP contribution is 2.36. The van der Waals surface area contributed by atoms with E-state index in [1.54, 1.807) is 11.8 Å². The Morgan fingerprint density at radius 1 is 0.833 bits per heavy atom. The Bertz CT molecular complexity index is 805. The average molecular weight is 523 g/mol. The zero-order valence-corrected chi connectivity index (χ0v) is 22.0. The van der Waals surface area contributed by atoms with Crippen molar-refractivity contribution >= 4 is 29.7 Å². The molecular weight excluding hydrogens is 484 g/mol. The van der Waals surface area contributed by atoms with Crippen LogP contribution >= 0.6 is 11.8 Å². The molecule has 0 aromatic heterocycles. The Hall–Kier alpha value is -1.84. The fraction of sp³-hybridized carbons (Fsp3) is 0.741. The van der Waals surface area contributed by atoms with Crippen LogP contribution in [0.25, 0.3) is 0 Å². The Labute approximate surface area is 217 Å². The topological polar surface area (TPSA) is 97.4 Å². The highest BCUT2D eigenvalue weighted by molar-refractivity contribution is 7.99. The quantitative estimate of drug-likeness (QED) is 0.138. The first kappa shape index (κ1) is 27.2. The summed E-state index contributed by atoms with van der Waals surface area (Å²) in [7, 11) is 0. The monoisotopic (exact) mass is 522 g/mol. The molecule has 36 heavy (non-hydrogen) atoms. The fourth-order valence-electron chi connectivity index (χ4n) is 4.91. The van der Waals surface area contributed by atoms with Gasteiger partial charge in [-0.3, -0.25) is 14.4 Å². The van der Waals surface area contributed by atoms with Gasteiger partial charge in [0.15, 0.2) is 0 Å². The van der Waals surface area contributed by atoms with Crippen LogP contribution in [0.2, 0.25) is 0 Å². The van der Waals surface area contributed by atoms with Crippen LogP contribution < -0.4 is 0 Å². The van der Waals surface area contributed by atoms with E-state index in [9.17, 15) is 14.4 Å². The van der Waals surface area contributed by atoms with E-state index in [-0.39, 0.29) is 74.0 Å². The van der Waals surface area contributed by atoms with Gasteiger partial charge in [0.2, 0.25) is 0 Å². The largest absolute Gasteiger partial charge is 0.465 e. The third kappa shape index (κ3) is 6.72. The predicted molar refractivity (Wildman–Crippen MR) is 134 cm³/mol. The first-order chi connectivity index (χ1) is 17.4. The summed E-state index contributed by atoms with van der Waals surface area (Å²) in [6.07, 6.45) is 11.5. The van der Waals surface area contributed by atoms with Crippen LogP contribution in [-0.4, -0.2) is 73.7 Å². The van der Waals surface area contributed by atoms with Gasteiger partial charge in [0.1, 0.15) is 19.8 Å². The van der Waals surface area contributed by atoms with Crippen molar-refractivity contribution in [1.29, 1.82) is 0 Å². The van der Waals surface area contributed by atoms with Gasteiger partial charge in [-0.2, -0.15) is 11.8 Å². The summed E-state index contributed by atoms with van der Waals surface area (Å²) in [5, 5.41) is 0. The number of carbonyl (C=O) groups excluding carboxylic acids is 3. The van der Waals surface area contributed by atoms with E-state index >= 15 is 0 Å². The second kappa shape index (κ2) is 12.6. The molecule has 0 amide bonds. The lowest BCUT2D eigenvalue weighted by molar-refractivity contribution is -0.166. The maximum absolute atomic E-state index is 12.8. The third-order valence-corrected chi connectivity index (χ3v) is 8.56. The molecule has 6 unspecified atom stereocenters. The predicted octanol–water partition coefficient (Wildman–Crippen LogP) is 3.62. The van der Waals surface area contributed by atoms with Crippen molar-refractivity contribution in [2.45, 2.75) is 76.8 Å². The smallest absolute Gasteiger partial charge is 0.312 e. The summed E-state index contributed by atoms with van der Waals surface area (Å²) in [6.45, 7) is 4.07. The molecule has 6 atom stereocenters. The molecule has 0 radical (unpaired) electrons. The van der Waals surface area contributed by atoms with E-state index in [0.717, 1.165) is 18.6 Å². The molecule has 0 aromatic rings. The first-order valence-corrected chi connectivity index (χ1v) is 14.3. The van der Waals surface area contributed by atoms with Gasteiger partial charge in [-0.05, 0) is 31.4 Å². The molecule has 0 saturated carbocycles. The van der Waals surface area contributed by atoms with Crippen molar-refractivity contribution in [3.63, 3.8) is 0 Å². The van der Waals surface area contributed by atoms with Gasteiger partial charge in [-0.25, -0.2) is 0 Å². The van der Waals surface area contributed by atoms with Crippen molar-refractivity contribution < 1.29 is 38.1 Å². The molecule has 4 rings (SSSR count). The van der Waals surface area contributed by atoms with Crippen molar-refractivity contribution in [2.75, 3.05) is 31.3 Å². The fourth-order valence-corrected chi connectivity index (χ4v) is 5.92. The molecule has 0 aliphatic carbocycles. The van der Waals surface area contributed by atoms with Gasteiger partial charge in [-0.1, -0.05) is 44.6 Å². The molecule has 200 valence electrons. The lowest BCUT2D eigenvalue weighted by atomic mass is 9.87. The SMILES string of the molecule is CCCCSCCC(=O)OCC(CC)(COC(=O)C1CC2C=CC1O2)COC(=O)C1CC2C=CC1O2. The van der Waals surface area contributed by atoms with Crippen LogP contribution in [0.3, 0.4) is 0 Å². The van der Waals surface area contributed by atoms with Gasteiger partial charge >= 0.3 is 17.9 Å². The third-order valence-electron chi connectivity index (χ3n) is 7.49. The van der Waals surface area contributed by atoms with E-state index in [4.69, 9.17) is 23.7 Å². The van der Waals surface area contributed by atoms with Gasteiger partial charge in [0.25, 0.3) is 0 Å². The van der Waals surface area contributed by atoms with Crippen LogP contribution in [0.15, 0.2) is 24.3 Å². The van der Waals surface area contributed by atoms with Crippen LogP contribution in [0.1, 0.15) is 52.4 Å². The second-order valence-corrected chi connectivity index (χ2v) is 11.4. The number of ether oxygens (including phenoxy) is 5. The summed E-state index contributed by atoms with van der Waals surface area (Å²) in [6, 6.07) is 0. The highest BCUT2D eigenvalue weighted by atomic mass is 32.2. The molecule has 4 aliphatic heterocycles. The Kier molecular flexibility index (Phi) is 9.52. The van der Waals surface area contributed by atoms with E-state index in [1.165, 1.54) is 0 Å². The van der Waals surface area contributed by atoms with E-state index in [0.29, 0.717) is 31.4 Å². The van der Waals surface area contributed by atoms with E-state index in [1.807, 2.05) is 31.2 Å². The van der Waals surface area contributed by atoms with Crippen molar-refractivity contribution in [3.8, 4) is 0 Å². The van der Waals surface area contributed by atoms with Crippen LogP contribution in [-0.2, 0) is 38.1 Å². The van der Waals surface area contributed by atoms with Gasteiger partial charge in [0.05, 0.1) is 48.1 Å². The summed E-state index contributed by atoms with van der Waals surface area (Å²) < 4.78 is 28.5. The molecule has 2 fully saturated rings. The minimum Gasteiger partial charge on any atom is -0.465 e. The minimum atomic E-state index is -0.820. The molecular formula is C27H38O8S. The number of thioether (sulfide) groups is 1.